The van der Waals surface area contributed by atoms with Crippen LogP contribution in [-0.4, -0.2) is 29.9 Å². The minimum atomic E-state index is -0.277. The van der Waals surface area contributed by atoms with Crippen molar-refractivity contribution in [3.8, 4) is 0 Å². The van der Waals surface area contributed by atoms with Crippen LogP contribution in [0, 0.1) is 5.82 Å². The van der Waals surface area contributed by atoms with Crippen LogP contribution >= 0.6 is 0 Å². The summed E-state index contributed by atoms with van der Waals surface area (Å²) in [5, 5.41) is 3.13. The van der Waals surface area contributed by atoms with Crippen molar-refractivity contribution in [3.63, 3.8) is 0 Å². The lowest BCUT2D eigenvalue weighted by atomic mass is 10.1. The average Bonchev–Trinajstić information content (AvgIpc) is 2.24. The van der Waals surface area contributed by atoms with E-state index >= 15 is 0 Å². The van der Waals surface area contributed by atoms with Crippen molar-refractivity contribution < 1.29 is 9.18 Å². The molecule has 1 rings (SSSR count). The monoisotopic (exact) mass is 252 g/mol. The highest BCUT2D eigenvalue weighted by molar-refractivity contribution is 5.78. The molecule has 1 aromatic carbocycles. The Morgan fingerprint density at radius 2 is 2.06 bits per heavy atom. The Balaban J connectivity index is 2.50. The van der Waals surface area contributed by atoms with E-state index in [4.69, 9.17) is 0 Å². The summed E-state index contributed by atoms with van der Waals surface area (Å²) in [6.45, 7) is 6.73. The van der Waals surface area contributed by atoms with Gasteiger partial charge in [-0.25, -0.2) is 4.39 Å². The van der Waals surface area contributed by atoms with Crippen LogP contribution in [0.15, 0.2) is 24.3 Å². The molecule has 1 N–H and O–H groups in total. The van der Waals surface area contributed by atoms with Crippen molar-refractivity contribution in [2.24, 2.45) is 0 Å². The van der Waals surface area contributed by atoms with Crippen LogP contribution in [0.3, 0.4) is 0 Å². The number of halogens is 1. The summed E-state index contributed by atoms with van der Waals surface area (Å²) >= 11 is 0. The predicted molar refractivity (Wildman–Crippen MR) is 70.6 cm³/mol. The van der Waals surface area contributed by atoms with Crippen LogP contribution in [0.5, 0.6) is 0 Å². The van der Waals surface area contributed by atoms with Gasteiger partial charge < -0.3 is 10.2 Å². The van der Waals surface area contributed by atoms with Gasteiger partial charge in [0.2, 0.25) is 5.91 Å². The van der Waals surface area contributed by atoms with Crippen molar-refractivity contribution in [3.05, 3.63) is 35.6 Å². The molecule has 4 heteroatoms. The van der Waals surface area contributed by atoms with Crippen molar-refractivity contribution in [2.75, 3.05) is 13.6 Å². The third-order valence-corrected chi connectivity index (χ3v) is 2.50. The number of benzene rings is 1. The predicted octanol–water partition coefficient (Wildman–Crippen LogP) is 2.17. The first-order valence-electron chi connectivity index (χ1n) is 6.01. The van der Waals surface area contributed by atoms with Gasteiger partial charge in [0.1, 0.15) is 5.82 Å². The van der Waals surface area contributed by atoms with Crippen LogP contribution in [0.1, 0.15) is 26.3 Å². The normalized spacial score (nSPS) is 11.4. The van der Waals surface area contributed by atoms with E-state index in [1.165, 1.54) is 12.1 Å². The number of nitrogens with zero attached hydrogens (tertiary/aromatic N) is 1. The molecular formula is C14H21FN2O. The fraction of sp³-hybridized carbons (Fsp3) is 0.500. The summed E-state index contributed by atoms with van der Waals surface area (Å²) in [5.74, 6) is -0.282. The van der Waals surface area contributed by atoms with Crippen molar-refractivity contribution in [1.29, 1.82) is 0 Å². The highest BCUT2D eigenvalue weighted by Crippen LogP contribution is 2.06. The second kappa shape index (κ2) is 5.96. The summed E-state index contributed by atoms with van der Waals surface area (Å²) in [7, 11) is 1.72. The minimum Gasteiger partial charge on any atom is -0.340 e. The third-order valence-electron chi connectivity index (χ3n) is 2.50. The molecule has 18 heavy (non-hydrogen) atoms. The maximum atomic E-state index is 13.0. The molecule has 0 spiro atoms. The number of likely N-dealkylation sites (N-methyl/N-ethyl adjacent to an activating group) is 1. The third kappa shape index (κ3) is 5.27. The molecular weight excluding hydrogens is 231 g/mol. The molecule has 1 amide bonds. The number of carbonyl (C=O) groups is 1. The smallest absolute Gasteiger partial charge is 0.236 e. The lowest BCUT2D eigenvalue weighted by Gasteiger charge is -2.23. The molecule has 0 saturated heterocycles. The van der Waals surface area contributed by atoms with Gasteiger partial charge in [-0.3, -0.25) is 4.79 Å². The molecule has 100 valence electrons. The standard InChI is InChI=1S/C14H21FN2O/c1-14(2,3)16-9-13(18)17(4)10-11-6-5-7-12(15)8-11/h5-8,16H,9-10H2,1-4H3. The van der Waals surface area contributed by atoms with E-state index < -0.39 is 0 Å². The highest BCUT2D eigenvalue weighted by atomic mass is 19.1. The Labute approximate surface area is 108 Å². The van der Waals surface area contributed by atoms with Gasteiger partial charge in [-0.15, -0.1) is 0 Å². The number of carbonyl (C=O) groups excluding carboxylic acids is 1. The zero-order valence-electron chi connectivity index (χ0n) is 11.5. The number of nitrogens with one attached hydrogen (secondary N) is 1. The summed E-state index contributed by atoms with van der Waals surface area (Å²) in [6.07, 6.45) is 0. The quantitative estimate of drug-likeness (QED) is 0.890. The Morgan fingerprint density at radius 1 is 1.39 bits per heavy atom. The van der Waals surface area contributed by atoms with Crippen LogP contribution in [0.4, 0.5) is 4.39 Å². The van der Waals surface area contributed by atoms with E-state index in [-0.39, 0.29) is 23.8 Å². The Hall–Kier alpha value is -1.42. The van der Waals surface area contributed by atoms with E-state index in [0.29, 0.717) is 6.54 Å². The zero-order chi connectivity index (χ0) is 13.8. The highest BCUT2D eigenvalue weighted by Gasteiger charge is 2.14. The molecule has 0 aliphatic carbocycles. The molecule has 0 bridgehead atoms. The summed E-state index contributed by atoms with van der Waals surface area (Å²) in [5.41, 5.74) is 0.705. The number of hydrogen-bond donors (Lipinski definition) is 1. The minimum absolute atomic E-state index is 0.00538. The maximum absolute atomic E-state index is 13.0. The van der Waals surface area contributed by atoms with E-state index in [9.17, 15) is 9.18 Å². The van der Waals surface area contributed by atoms with Crippen LogP contribution in [-0.2, 0) is 11.3 Å². The lowest BCUT2D eigenvalue weighted by Crippen LogP contribution is -2.43. The number of hydrogen-bond acceptors (Lipinski definition) is 2. The lowest BCUT2D eigenvalue weighted by molar-refractivity contribution is -0.129. The van der Waals surface area contributed by atoms with Gasteiger partial charge in [0.25, 0.3) is 0 Å². The largest absolute Gasteiger partial charge is 0.340 e. The first-order chi connectivity index (χ1) is 8.28. The van der Waals surface area contributed by atoms with E-state index in [0.717, 1.165) is 5.56 Å². The zero-order valence-corrected chi connectivity index (χ0v) is 11.5. The van der Waals surface area contributed by atoms with Crippen molar-refractivity contribution >= 4 is 5.91 Å². The van der Waals surface area contributed by atoms with Crippen molar-refractivity contribution in [1.82, 2.24) is 10.2 Å². The average molecular weight is 252 g/mol. The Bertz CT molecular complexity index is 413. The fourth-order valence-corrected chi connectivity index (χ4v) is 1.47. The van der Waals surface area contributed by atoms with Crippen LogP contribution < -0.4 is 5.32 Å². The first-order valence-corrected chi connectivity index (χ1v) is 6.01. The number of rotatable bonds is 4. The Kier molecular flexibility index (Phi) is 4.84. The van der Waals surface area contributed by atoms with Gasteiger partial charge in [0, 0.05) is 19.1 Å². The van der Waals surface area contributed by atoms with E-state index in [2.05, 4.69) is 5.32 Å². The summed E-state index contributed by atoms with van der Waals surface area (Å²) < 4.78 is 13.0. The van der Waals surface area contributed by atoms with Crippen LogP contribution in [0.2, 0.25) is 0 Å². The SMILES string of the molecule is CN(Cc1cccc(F)c1)C(=O)CNC(C)(C)C. The molecule has 0 radical (unpaired) electrons. The first kappa shape index (κ1) is 14.6. The molecule has 0 aliphatic rings. The van der Waals surface area contributed by atoms with E-state index in [1.807, 2.05) is 26.8 Å². The van der Waals surface area contributed by atoms with Gasteiger partial charge in [0.05, 0.1) is 6.54 Å². The fourth-order valence-electron chi connectivity index (χ4n) is 1.47. The maximum Gasteiger partial charge on any atom is 0.236 e. The molecule has 0 aromatic heterocycles. The summed E-state index contributed by atoms with van der Waals surface area (Å²) in [4.78, 5) is 13.4. The molecule has 3 nitrogen and oxygen atoms in total. The van der Waals surface area contributed by atoms with Gasteiger partial charge >= 0.3 is 0 Å². The van der Waals surface area contributed by atoms with Crippen molar-refractivity contribution in [2.45, 2.75) is 32.9 Å². The molecule has 0 atom stereocenters. The Morgan fingerprint density at radius 3 is 2.61 bits per heavy atom. The molecule has 0 saturated carbocycles. The van der Waals surface area contributed by atoms with Gasteiger partial charge in [0.15, 0.2) is 0 Å². The molecule has 0 unspecified atom stereocenters. The summed E-state index contributed by atoms with van der Waals surface area (Å²) in [6, 6.07) is 6.30. The molecule has 0 fully saturated rings. The second-order valence-corrected chi connectivity index (χ2v) is 5.48. The van der Waals surface area contributed by atoms with E-state index in [1.54, 1.807) is 18.0 Å². The van der Waals surface area contributed by atoms with Gasteiger partial charge in [-0.1, -0.05) is 12.1 Å². The second-order valence-electron chi connectivity index (χ2n) is 5.48. The van der Waals surface area contributed by atoms with Crippen LogP contribution in [0.25, 0.3) is 0 Å². The number of amides is 1. The van der Waals surface area contributed by atoms with Gasteiger partial charge in [-0.2, -0.15) is 0 Å². The molecule has 0 heterocycles. The molecule has 1 aromatic rings. The van der Waals surface area contributed by atoms with Gasteiger partial charge in [-0.05, 0) is 38.5 Å². The topological polar surface area (TPSA) is 32.3 Å². The molecule has 0 aliphatic heterocycles.